The van der Waals surface area contributed by atoms with Gasteiger partial charge >= 0.3 is 0 Å². The highest BCUT2D eigenvalue weighted by atomic mass is 16.7. The fraction of sp³-hybridized carbons (Fsp3) is 0.571. The van der Waals surface area contributed by atoms with Crippen molar-refractivity contribution in [2.45, 2.75) is 6.04 Å². The predicted octanol–water partition coefficient (Wildman–Crippen LogP) is 0.416. The lowest BCUT2D eigenvalue weighted by Crippen LogP contribution is -2.30. The molecule has 2 aliphatic heterocycles. The van der Waals surface area contributed by atoms with Crippen LogP contribution in [0.15, 0.2) is 18.2 Å². The molecule has 6 heteroatoms. The summed E-state index contributed by atoms with van der Waals surface area (Å²) in [6.45, 7) is 3.82. The van der Waals surface area contributed by atoms with Gasteiger partial charge < -0.3 is 19.5 Å². The number of ether oxygens (including phenoxy) is 3. The van der Waals surface area contributed by atoms with Crippen molar-refractivity contribution in [3.05, 3.63) is 23.8 Å². The second kappa shape index (κ2) is 6.41. The molecule has 0 bridgehead atoms. The summed E-state index contributed by atoms with van der Waals surface area (Å²) in [5.74, 6) is 2.16. The molecule has 1 saturated heterocycles. The number of methoxy groups -OCH3 is 1. The predicted molar refractivity (Wildman–Crippen MR) is 74.7 cm³/mol. The first kappa shape index (κ1) is 13.6. The number of hydrogen-bond donors (Lipinski definition) is 3. The molecule has 110 valence electrons. The quantitative estimate of drug-likeness (QED) is 0.656. The van der Waals surface area contributed by atoms with Crippen molar-refractivity contribution in [3.8, 4) is 11.5 Å². The third-order valence-electron chi connectivity index (χ3n) is 3.74. The van der Waals surface area contributed by atoms with Crippen LogP contribution < -0.4 is 25.6 Å². The molecule has 0 aromatic heterocycles. The number of rotatable bonds is 6. The summed E-state index contributed by atoms with van der Waals surface area (Å²) in [5.41, 5.74) is 7.79. The summed E-state index contributed by atoms with van der Waals surface area (Å²) < 4.78 is 15.8. The van der Waals surface area contributed by atoms with Crippen LogP contribution in [0.3, 0.4) is 0 Å². The Hall–Kier alpha value is -1.34. The summed E-state index contributed by atoms with van der Waals surface area (Å²) in [7, 11) is 1.72. The van der Waals surface area contributed by atoms with Crippen LogP contribution in [0.1, 0.15) is 11.6 Å². The van der Waals surface area contributed by atoms with Gasteiger partial charge in [0.1, 0.15) is 0 Å². The molecule has 1 aromatic carbocycles. The third kappa shape index (κ3) is 2.88. The van der Waals surface area contributed by atoms with Crippen molar-refractivity contribution in [2.24, 2.45) is 5.92 Å². The van der Waals surface area contributed by atoms with Gasteiger partial charge in [-0.15, -0.1) is 0 Å². The highest BCUT2D eigenvalue weighted by Gasteiger charge is 2.29. The van der Waals surface area contributed by atoms with Gasteiger partial charge in [0.25, 0.3) is 0 Å². The van der Waals surface area contributed by atoms with Crippen LogP contribution in [0.25, 0.3) is 0 Å². The molecule has 2 aliphatic rings. The van der Waals surface area contributed by atoms with Crippen molar-refractivity contribution in [1.82, 2.24) is 16.2 Å². The van der Waals surface area contributed by atoms with Gasteiger partial charge in [0, 0.05) is 32.7 Å². The Morgan fingerprint density at radius 3 is 3.15 bits per heavy atom. The van der Waals surface area contributed by atoms with Gasteiger partial charge in [-0.25, -0.2) is 5.43 Å². The maximum absolute atomic E-state index is 5.44. The third-order valence-corrected chi connectivity index (χ3v) is 3.74. The van der Waals surface area contributed by atoms with Crippen molar-refractivity contribution >= 4 is 0 Å². The number of hydrazine groups is 1. The molecule has 2 heterocycles. The Morgan fingerprint density at radius 1 is 1.35 bits per heavy atom. The van der Waals surface area contributed by atoms with Crippen LogP contribution in [0, 0.1) is 5.92 Å². The molecule has 1 fully saturated rings. The first-order valence-electron chi connectivity index (χ1n) is 6.96. The zero-order valence-corrected chi connectivity index (χ0v) is 11.6. The van der Waals surface area contributed by atoms with Crippen molar-refractivity contribution in [1.29, 1.82) is 0 Å². The van der Waals surface area contributed by atoms with Crippen LogP contribution in [-0.4, -0.2) is 40.1 Å². The van der Waals surface area contributed by atoms with Crippen LogP contribution in [-0.2, 0) is 4.74 Å². The smallest absolute Gasteiger partial charge is 0.231 e. The van der Waals surface area contributed by atoms with E-state index in [2.05, 4.69) is 28.3 Å². The highest BCUT2D eigenvalue weighted by molar-refractivity contribution is 5.45. The SMILES string of the molecule is COCCNCC1CNNC1c1ccc2c(c1)OCO2. The molecule has 2 atom stereocenters. The van der Waals surface area contributed by atoms with E-state index in [1.165, 1.54) is 5.56 Å². The Morgan fingerprint density at radius 2 is 2.25 bits per heavy atom. The Balaban J connectivity index is 1.63. The van der Waals surface area contributed by atoms with E-state index in [9.17, 15) is 0 Å². The second-order valence-corrected chi connectivity index (χ2v) is 5.07. The molecule has 20 heavy (non-hydrogen) atoms. The van der Waals surface area contributed by atoms with Gasteiger partial charge in [-0.2, -0.15) is 0 Å². The fourth-order valence-electron chi connectivity index (χ4n) is 2.65. The lowest BCUT2D eigenvalue weighted by Gasteiger charge is -2.19. The number of benzene rings is 1. The maximum atomic E-state index is 5.44. The molecule has 2 unspecified atom stereocenters. The molecule has 0 saturated carbocycles. The fourth-order valence-corrected chi connectivity index (χ4v) is 2.65. The van der Waals surface area contributed by atoms with Gasteiger partial charge in [0.05, 0.1) is 12.6 Å². The second-order valence-electron chi connectivity index (χ2n) is 5.07. The van der Waals surface area contributed by atoms with E-state index in [1.807, 2.05) is 6.07 Å². The summed E-state index contributed by atoms with van der Waals surface area (Å²) in [5, 5.41) is 3.42. The van der Waals surface area contributed by atoms with Crippen LogP contribution in [0.2, 0.25) is 0 Å². The summed E-state index contributed by atoms with van der Waals surface area (Å²) in [6.07, 6.45) is 0. The number of fused-ring (bicyclic) bond motifs is 1. The zero-order chi connectivity index (χ0) is 13.8. The monoisotopic (exact) mass is 279 g/mol. The van der Waals surface area contributed by atoms with E-state index in [0.717, 1.165) is 37.7 Å². The van der Waals surface area contributed by atoms with Crippen molar-refractivity contribution < 1.29 is 14.2 Å². The summed E-state index contributed by atoms with van der Waals surface area (Å²) in [4.78, 5) is 0. The van der Waals surface area contributed by atoms with Crippen molar-refractivity contribution in [3.63, 3.8) is 0 Å². The Bertz CT molecular complexity index is 455. The molecular weight excluding hydrogens is 258 g/mol. The zero-order valence-electron chi connectivity index (χ0n) is 11.6. The van der Waals surface area contributed by atoms with Crippen molar-refractivity contribution in [2.75, 3.05) is 40.1 Å². The Kier molecular flexibility index (Phi) is 4.37. The topological polar surface area (TPSA) is 63.8 Å². The average Bonchev–Trinajstić information content (AvgIpc) is 3.11. The summed E-state index contributed by atoms with van der Waals surface area (Å²) >= 11 is 0. The molecule has 0 radical (unpaired) electrons. The number of nitrogens with one attached hydrogen (secondary N) is 3. The van der Waals surface area contributed by atoms with Crippen LogP contribution in [0.4, 0.5) is 0 Å². The van der Waals surface area contributed by atoms with Gasteiger partial charge in [-0.1, -0.05) is 6.07 Å². The first-order chi connectivity index (χ1) is 9.88. The minimum absolute atomic E-state index is 0.277. The van der Waals surface area contributed by atoms with E-state index in [0.29, 0.717) is 12.7 Å². The molecule has 6 nitrogen and oxygen atoms in total. The van der Waals surface area contributed by atoms with E-state index >= 15 is 0 Å². The van der Waals surface area contributed by atoms with E-state index < -0.39 is 0 Å². The molecule has 0 spiro atoms. The standard InChI is InChI=1S/C14H21N3O3/c1-18-5-4-15-7-11-8-16-17-14(11)10-2-3-12-13(6-10)20-9-19-12/h2-3,6,11,14-17H,4-5,7-9H2,1H3. The largest absolute Gasteiger partial charge is 0.454 e. The molecule has 0 amide bonds. The number of hydrogen-bond acceptors (Lipinski definition) is 6. The van der Waals surface area contributed by atoms with Gasteiger partial charge in [0.15, 0.2) is 11.5 Å². The minimum atomic E-state index is 0.277. The Labute approximate surface area is 118 Å². The normalized spacial score (nSPS) is 24.2. The first-order valence-corrected chi connectivity index (χ1v) is 6.96. The molecule has 3 N–H and O–H groups in total. The summed E-state index contributed by atoms with van der Waals surface area (Å²) in [6, 6.07) is 6.42. The minimum Gasteiger partial charge on any atom is -0.454 e. The van der Waals surface area contributed by atoms with Gasteiger partial charge in [-0.05, 0) is 17.7 Å². The van der Waals surface area contributed by atoms with Gasteiger partial charge in [0.2, 0.25) is 6.79 Å². The lowest BCUT2D eigenvalue weighted by molar-refractivity contribution is 0.174. The van der Waals surface area contributed by atoms with Crippen LogP contribution in [0.5, 0.6) is 11.5 Å². The lowest BCUT2D eigenvalue weighted by atomic mass is 9.94. The van der Waals surface area contributed by atoms with E-state index in [1.54, 1.807) is 7.11 Å². The molecule has 3 rings (SSSR count). The van der Waals surface area contributed by atoms with E-state index in [4.69, 9.17) is 14.2 Å². The maximum Gasteiger partial charge on any atom is 0.231 e. The highest BCUT2D eigenvalue weighted by Crippen LogP contribution is 2.36. The van der Waals surface area contributed by atoms with Gasteiger partial charge in [-0.3, -0.25) is 5.43 Å². The average molecular weight is 279 g/mol. The molecular formula is C14H21N3O3. The van der Waals surface area contributed by atoms with Crippen LogP contribution >= 0.6 is 0 Å². The molecule has 0 aliphatic carbocycles. The van der Waals surface area contributed by atoms with E-state index in [-0.39, 0.29) is 6.04 Å². The molecule has 1 aromatic rings.